The van der Waals surface area contributed by atoms with Crippen molar-refractivity contribution in [3.05, 3.63) is 116 Å². The molecule has 12 heteroatoms. The van der Waals surface area contributed by atoms with E-state index in [1.165, 1.54) is 17.0 Å². The van der Waals surface area contributed by atoms with E-state index >= 15 is 0 Å². The summed E-state index contributed by atoms with van der Waals surface area (Å²) in [6, 6.07) is 15.5. The smallest absolute Gasteiger partial charge is 0.416 e. The number of thiophene rings is 1. The molecule has 2 bridgehead atoms. The van der Waals surface area contributed by atoms with Crippen molar-refractivity contribution in [3.8, 4) is 11.3 Å². The van der Waals surface area contributed by atoms with Crippen LogP contribution in [0, 0.1) is 5.41 Å². The predicted molar refractivity (Wildman–Crippen MR) is 209 cm³/mol. The number of nitrogens with zero attached hydrogens (tertiary/aromatic N) is 1. The lowest BCUT2D eigenvalue weighted by Gasteiger charge is -2.46. The van der Waals surface area contributed by atoms with Gasteiger partial charge in [0.2, 0.25) is 5.78 Å². The molecule has 0 aliphatic heterocycles. The second-order valence-corrected chi connectivity index (χ2v) is 17.0. The molecule has 0 radical (unpaired) electrons. The Bertz CT molecular complexity index is 1980. The molecule has 5 unspecified atom stereocenters. The Morgan fingerprint density at radius 3 is 2.64 bits per heavy atom. The van der Waals surface area contributed by atoms with E-state index in [1.807, 2.05) is 28.5 Å². The highest BCUT2D eigenvalue weighted by molar-refractivity contribution is 7.09. The van der Waals surface area contributed by atoms with Crippen molar-refractivity contribution < 1.29 is 42.8 Å². The monoisotopic (exact) mass is 799 g/mol. The molecule has 1 fully saturated rings. The number of aliphatic hydroxyl groups is 4. The van der Waals surface area contributed by atoms with Crippen molar-refractivity contribution in [1.29, 1.82) is 0 Å². The van der Waals surface area contributed by atoms with Crippen LogP contribution in [0.5, 0.6) is 0 Å². The van der Waals surface area contributed by atoms with Crippen molar-refractivity contribution in [2.45, 2.75) is 95.1 Å². The highest BCUT2D eigenvalue weighted by Gasteiger charge is 2.57. The number of allylic oxidation sites excluding steroid dienone is 2. The molecule has 7 nitrogen and oxygen atoms in total. The van der Waals surface area contributed by atoms with Gasteiger partial charge < -0.3 is 24.8 Å². The van der Waals surface area contributed by atoms with Gasteiger partial charge in [-0.25, -0.2) is 0 Å². The fourth-order valence-corrected chi connectivity index (χ4v) is 9.42. The predicted octanol–water partition coefficient (Wildman–Crippen LogP) is 8.85. The summed E-state index contributed by atoms with van der Waals surface area (Å²) in [4.78, 5) is 17.8. The summed E-state index contributed by atoms with van der Waals surface area (Å²) in [6.45, 7) is 4.72. The van der Waals surface area contributed by atoms with Gasteiger partial charge in [0, 0.05) is 41.1 Å². The standard InChI is InChI=1S/C43H49ClF3NO6S/c1-27-5-3-17-41(2)36(15-18-42(41,53)26-48(24-31(51)25-49)19-16-32-6-4-20-55-32)33-11-8-28(21-30(50)10-7-27)22-34(33)40(52)39-14-13-38(54-39)35-23-29(43(45,46)47)9-12-37(35)44/h4-6,8-9,11-14,20,22-23,30-31,36,49-51,53H,3,7,10,15-19,21,24-26H2,1-2H3. The summed E-state index contributed by atoms with van der Waals surface area (Å²) in [7, 11) is 0. The topological polar surface area (TPSA) is 114 Å². The summed E-state index contributed by atoms with van der Waals surface area (Å²) in [6.07, 6.45) is 0.424. The SMILES string of the molecule is CC1=CCCC2(C)C(CCC2(O)CN(CCc2cccs2)CC(O)CO)c2ccc(cc2C(=O)c2ccc(-c3cc(C(F)(F)F)ccc3Cl)o2)CC(O)CC1. The van der Waals surface area contributed by atoms with Gasteiger partial charge in [-0.2, -0.15) is 13.2 Å². The molecule has 0 spiro atoms. The van der Waals surface area contributed by atoms with Crippen LogP contribution in [0.3, 0.4) is 0 Å². The van der Waals surface area contributed by atoms with E-state index in [0.717, 1.165) is 41.3 Å². The van der Waals surface area contributed by atoms with E-state index in [4.69, 9.17) is 16.0 Å². The van der Waals surface area contributed by atoms with Crippen molar-refractivity contribution in [2.75, 3.05) is 26.2 Å². The molecule has 2 aromatic carbocycles. The maximum atomic E-state index is 14.6. The summed E-state index contributed by atoms with van der Waals surface area (Å²) in [5.41, 5.74) is 0.0780. The van der Waals surface area contributed by atoms with Crippen LogP contribution in [-0.4, -0.2) is 75.2 Å². The number of carbonyl (C=O) groups excluding carboxylic acids is 1. The number of benzene rings is 2. The largest absolute Gasteiger partial charge is 0.453 e. The van der Waals surface area contributed by atoms with Gasteiger partial charge in [-0.15, -0.1) is 11.3 Å². The fraction of sp³-hybridized carbons (Fsp3) is 0.465. The number of alkyl halides is 3. The molecule has 1 saturated carbocycles. The summed E-state index contributed by atoms with van der Waals surface area (Å²) in [5.74, 6) is -0.814. The van der Waals surface area contributed by atoms with Crippen LogP contribution in [0.25, 0.3) is 11.3 Å². The lowest BCUT2D eigenvalue weighted by atomic mass is 9.64. The molecule has 4 N–H and O–H groups in total. The van der Waals surface area contributed by atoms with Crippen LogP contribution >= 0.6 is 22.9 Å². The number of fused-ring (bicyclic) bond motifs is 8. The lowest BCUT2D eigenvalue weighted by Crippen LogP contribution is -2.54. The molecule has 3 aliphatic carbocycles. The molecule has 4 aromatic rings. The molecule has 3 aliphatic rings. The first kappa shape index (κ1) is 41.3. The van der Waals surface area contributed by atoms with Crippen LogP contribution in [0.2, 0.25) is 5.02 Å². The van der Waals surface area contributed by atoms with Gasteiger partial charge >= 0.3 is 6.18 Å². The molecule has 0 saturated heterocycles. The third-order valence-electron chi connectivity index (χ3n) is 11.7. The summed E-state index contributed by atoms with van der Waals surface area (Å²) < 4.78 is 46.7. The Kier molecular flexibility index (Phi) is 12.8. The quantitative estimate of drug-likeness (QED) is 0.0886. The highest BCUT2D eigenvalue weighted by Crippen LogP contribution is 2.59. The maximum absolute atomic E-state index is 14.6. The van der Waals surface area contributed by atoms with Crippen molar-refractivity contribution >= 4 is 28.7 Å². The van der Waals surface area contributed by atoms with Gasteiger partial charge in [-0.1, -0.05) is 48.4 Å². The fourth-order valence-electron chi connectivity index (χ4n) is 8.51. The molecule has 0 amide bonds. The number of rotatable bonds is 11. The van der Waals surface area contributed by atoms with E-state index in [0.29, 0.717) is 57.1 Å². The van der Waals surface area contributed by atoms with Gasteiger partial charge in [-0.3, -0.25) is 9.69 Å². The number of hydrogen-bond donors (Lipinski definition) is 4. The van der Waals surface area contributed by atoms with E-state index in [-0.39, 0.29) is 41.1 Å². The Morgan fingerprint density at radius 2 is 1.91 bits per heavy atom. The van der Waals surface area contributed by atoms with Crippen molar-refractivity contribution in [2.24, 2.45) is 5.41 Å². The number of aliphatic hydroxyl groups excluding tert-OH is 3. The third kappa shape index (κ3) is 9.31. The van der Waals surface area contributed by atoms with Crippen LogP contribution < -0.4 is 0 Å². The number of ketones is 1. The Labute approximate surface area is 329 Å². The van der Waals surface area contributed by atoms with E-state index in [1.54, 1.807) is 17.4 Å². The lowest BCUT2D eigenvalue weighted by molar-refractivity contribution is -0.137. The Morgan fingerprint density at radius 1 is 1.11 bits per heavy atom. The molecule has 55 heavy (non-hydrogen) atoms. The zero-order chi connectivity index (χ0) is 39.5. The molecular weight excluding hydrogens is 751 g/mol. The maximum Gasteiger partial charge on any atom is 0.416 e. The van der Waals surface area contributed by atoms with Gasteiger partial charge in [0.25, 0.3) is 0 Å². The van der Waals surface area contributed by atoms with E-state index in [2.05, 4.69) is 26.0 Å². The van der Waals surface area contributed by atoms with Crippen molar-refractivity contribution in [3.63, 3.8) is 0 Å². The molecule has 2 heterocycles. The minimum absolute atomic E-state index is 0.00817. The average Bonchev–Trinajstić information content (AvgIpc) is 3.90. The minimum Gasteiger partial charge on any atom is -0.453 e. The third-order valence-corrected chi connectivity index (χ3v) is 13.0. The summed E-state index contributed by atoms with van der Waals surface area (Å²) in [5, 5.41) is 46.2. The average molecular weight is 800 g/mol. The Hall–Kier alpha value is -3.29. The van der Waals surface area contributed by atoms with Gasteiger partial charge in [0.1, 0.15) is 5.76 Å². The first-order valence-corrected chi connectivity index (χ1v) is 20.1. The Balaban J connectivity index is 1.40. The summed E-state index contributed by atoms with van der Waals surface area (Å²) >= 11 is 7.96. The minimum atomic E-state index is -4.60. The molecule has 296 valence electrons. The molecule has 2 aromatic heterocycles. The first-order valence-electron chi connectivity index (χ1n) is 18.8. The van der Waals surface area contributed by atoms with Crippen molar-refractivity contribution in [1.82, 2.24) is 4.90 Å². The number of carbonyl (C=O) groups is 1. The molecular formula is C43H49ClF3NO6S. The second kappa shape index (κ2) is 17.1. The zero-order valence-electron chi connectivity index (χ0n) is 31.1. The first-order chi connectivity index (χ1) is 26.1. The number of furan rings is 1. The van der Waals surface area contributed by atoms with E-state index in [9.17, 15) is 38.4 Å². The van der Waals surface area contributed by atoms with Crippen LogP contribution in [0.4, 0.5) is 13.2 Å². The normalized spacial score (nSPS) is 24.1. The highest BCUT2D eigenvalue weighted by atomic mass is 35.5. The van der Waals surface area contributed by atoms with Gasteiger partial charge in [0.15, 0.2) is 5.76 Å². The zero-order valence-corrected chi connectivity index (χ0v) is 32.7. The van der Waals surface area contributed by atoms with Crippen LogP contribution in [0.15, 0.2) is 82.1 Å². The van der Waals surface area contributed by atoms with Gasteiger partial charge in [-0.05, 0) is 123 Å². The van der Waals surface area contributed by atoms with Crippen LogP contribution in [-0.2, 0) is 19.0 Å². The number of halogens is 4. The van der Waals surface area contributed by atoms with E-state index < -0.39 is 47.4 Å². The molecule has 7 rings (SSSR count). The van der Waals surface area contributed by atoms with Crippen LogP contribution in [0.1, 0.15) is 96.0 Å². The van der Waals surface area contributed by atoms with Gasteiger partial charge in [0.05, 0.1) is 35.0 Å². The second-order valence-electron chi connectivity index (χ2n) is 15.5. The number of hydrogen-bond acceptors (Lipinski definition) is 8. The molecule has 5 atom stereocenters.